The topological polar surface area (TPSA) is 0 Å². The Morgan fingerprint density at radius 2 is 1.07 bits per heavy atom. The van der Waals surface area contributed by atoms with Crippen LogP contribution in [-0.4, -0.2) is 0 Å². The van der Waals surface area contributed by atoms with Crippen LogP contribution in [0.2, 0.25) is 0 Å². The van der Waals surface area contributed by atoms with Gasteiger partial charge in [-0.1, -0.05) is 90.8 Å². The predicted octanol–water partition coefficient (Wildman–Crippen LogP) is 8.28. The highest BCUT2D eigenvalue weighted by Gasteiger charge is 2.23. The summed E-state index contributed by atoms with van der Waals surface area (Å²) in [5.74, 6) is 1.09. The minimum Gasteiger partial charge on any atom is -0.0654 e. The van der Waals surface area contributed by atoms with Crippen LogP contribution in [0.15, 0.2) is 36.4 Å². The van der Waals surface area contributed by atoms with E-state index in [-0.39, 0.29) is 0 Å². The Morgan fingerprint density at radius 3 is 1.39 bits per heavy atom. The molecule has 0 heterocycles. The first kappa shape index (κ1) is 22.7. The van der Waals surface area contributed by atoms with E-state index in [2.05, 4.69) is 77.9 Å². The molecule has 0 saturated carbocycles. The average molecular weight is 379 g/mol. The first-order valence-electron chi connectivity index (χ1n) is 11.8. The third-order valence-corrected chi connectivity index (χ3v) is 6.15. The van der Waals surface area contributed by atoms with Crippen LogP contribution < -0.4 is 0 Å². The second kappa shape index (κ2) is 11.4. The monoisotopic (exact) mass is 378 g/mol. The zero-order valence-electron chi connectivity index (χ0n) is 19.3. The summed E-state index contributed by atoms with van der Waals surface area (Å²) in [6.45, 7) is 14.0. The van der Waals surface area contributed by atoms with Gasteiger partial charge >= 0.3 is 0 Å². The van der Waals surface area contributed by atoms with Gasteiger partial charge in [-0.3, -0.25) is 0 Å². The zero-order chi connectivity index (χ0) is 20.5. The Labute approximate surface area is 174 Å². The summed E-state index contributed by atoms with van der Waals surface area (Å²) in [7, 11) is 0. The number of benzene rings is 2. The summed E-state index contributed by atoms with van der Waals surface area (Å²) in [6, 6.07) is 14.6. The summed E-state index contributed by atoms with van der Waals surface area (Å²) in [6.07, 6.45) is 9.77. The third-order valence-electron chi connectivity index (χ3n) is 6.15. The van der Waals surface area contributed by atoms with Crippen molar-refractivity contribution in [2.24, 2.45) is 5.92 Å². The molecule has 0 aromatic heterocycles. The molecule has 0 N–H and O–H groups in total. The van der Waals surface area contributed by atoms with E-state index in [1.165, 1.54) is 49.7 Å². The second-order valence-electron chi connectivity index (χ2n) is 8.70. The maximum atomic E-state index is 2.49. The SMILES string of the molecule is CCCCc1ccc(C(c2ccc(CCCC)cc2CC)C(C)C)c(CC)c1. The number of hydrogen-bond acceptors (Lipinski definition) is 0. The van der Waals surface area contributed by atoms with Gasteiger partial charge in [0.05, 0.1) is 0 Å². The molecule has 0 radical (unpaired) electrons. The highest BCUT2D eigenvalue weighted by atomic mass is 14.3. The summed E-state index contributed by atoms with van der Waals surface area (Å²) in [5.41, 5.74) is 9.21. The number of hydrogen-bond donors (Lipinski definition) is 0. The van der Waals surface area contributed by atoms with E-state index in [9.17, 15) is 0 Å². The smallest absolute Gasteiger partial charge is 0.0118 e. The van der Waals surface area contributed by atoms with E-state index in [0.717, 1.165) is 12.8 Å². The van der Waals surface area contributed by atoms with Crippen LogP contribution in [0.4, 0.5) is 0 Å². The molecule has 0 unspecified atom stereocenters. The van der Waals surface area contributed by atoms with Gasteiger partial charge < -0.3 is 0 Å². The Hall–Kier alpha value is -1.56. The highest BCUT2D eigenvalue weighted by Crippen LogP contribution is 2.37. The fraction of sp³-hybridized carbons (Fsp3) is 0.571. The third kappa shape index (κ3) is 5.72. The van der Waals surface area contributed by atoms with Crippen molar-refractivity contribution in [3.63, 3.8) is 0 Å². The molecular formula is C28H42. The van der Waals surface area contributed by atoms with Gasteiger partial charge in [-0.25, -0.2) is 0 Å². The molecule has 0 bridgehead atoms. The molecule has 0 fully saturated rings. The van der Waals surface area contributed by atoms with Crippen molar-refractivity contribution in [3.8, 4) is 0 Å². The van der Waals surface area contributed by atoms with Crippen molar-refractivity contribution in [2.75, 3.05) is 0 Å². The molecular weight excluding hydrogens is 336 g/mol. The lowest BCUT2D eigenvalue weighted by Gasteiger charge is -2.27. The summed E-state index contributed by atoms with van der Waals surface area (Å²) in [4.78, 5) is 0. The molecule has 0 nitrogen and oxygen atoms in total. The minimum absolute atomic E-state index is 0.491. The van der Waals surface area contributed by atoms with Gasteiger partial charge in [0, 0.05) is 5.92 Å². The molecule has 0 amide bonds. The molecule has 0 aliphatic rings. The summed E-state index contributed by atoms with van der Waals surface area (Å²) < 4.78 is 0. The largest absolute Gasteiger partial charge is 0.0654 e. The molecule has 0 aliphatic heterocycles. The molecule has 2 rings (SSSR count). The molecule has 0 aliphatic carbocycles. The molecule has 0 atom stereocenters. The Morgan fingerprint density at radius 1 is 0.643 bits per heavy atom. The number of unbranched alkanes of at least 4 members (excludes halogenated alkanes) is 2. The van der Waals surface area contributed by atoms with Crippen LogP contribution >= 0.6 is 0 Å². The van der Waals surface area contributed by atoms with Gasteiger partial charge in [0.2, 0.25) is 0 Å². The van der Waals surface area contributed by atoms with Crippen molar-refractivity contribution < 1.29 is 0 Å². The van der Waals surface area contributed by atoms with Crippen molar-refractivity contribution >= 4 is 0 Å². The van der Waals surface area contributed by atoms with E-state index in [1.807, 2.05) is 0 Å². The van der Waals surface area contributed by atoms with Crippen molar-refractivity contribution in [1.82, 2.24) is 0 Å². The van der Waals surface area contributed by atoms with Crippen molar-refractivity contribution in [2.45, 2.75) is 98.8 Å². The molecule has 28 heavy (non-hydrogen) atoms. The lowest BCUT2D eigenvalue weighted by atomic mass is 9.77. The fourth-order valence-electron chi connectivity index (χ4n) is 4.50. The van der Waals surface area contributed by atoms with Crippen LogP contribution in [0, 0.1) is 5.92 Å². The molecule has 2 aromatic carbocycles. The van der Waals surface area contributed by atoms with Crippen molar-refractivity contribution in [1.29, 1.82) is 0 Å². The Balaban J connectivity index is 2.45. The second-order valence-corrected chi connectivity index (χ2v) is 8.70. The van der Waals surface area contributed by atoms with Crippen LogP contribution in [-0.2, 0) is 25.7 Å². The van der Waals surface area contributed by atoms with Gasteiger partial charge in [0.25, 0.3) is 0 Å². The number of rotatable bonds is 11. The lowest BCUT2D eigenvalue weighted by Crippen LogP contribution is -2.14. The molecule has 0 heteroatoms. The standard InChI is InChI=1S/C28H42/c1-7-11-13-22-15-17-26(24(9-3)19-22)28(21(5)6)27-18-16-23(14-12-8-2)20-25(27)10-4/h15-21,28H,7-14H2,1-6H3. The first-order valence-corrected chi connectivity index (χ1v) is 11.8. The fourth-order valence-corrected chi connectivity index (χ4v) is 4.50. The quantitative estimate of drug-likeness (QED) is 0.369. The van der Waals surface area contributed by atoms with Gasteiger partial charge in [-0.05, 0) is 77.8 Å². The van der Waals surface area contributed by atoms with Gasteiger partial charge in [-0.15, -0.1) is 0 Å². The molecule has 0 saturated heterocycles. The van der Waals surface area contributed by atoms with Crippen LogP contribution in [0.25, 0.3) is 0 Å². The molecule has 154 valence electrons. The minimum atomic E-state index is 0.491. The molecule has 0 spiro atoms. The average Bonchev–Trinajstić information content (AvgIpc) is 2.71. The van der Waals surface area contributed by atoms with E-state index in [0.29, 0.717) is 11.8 Å². The van der Waals surface area contributed by atoms with Gasteiger partial charge in [-0.2, -0.15) is 0 Å². The highest BCUT2D eigenvalue weighted by molar-refractivity contribution is 5.45. The normalized spacial score (nSPS) is 11.6. The summed E-state index contributed by atoms with van der Waals surface area (Å²) in [5, 5.41) is 0. The van der Waals surface area contributed by atoms with E-state index < -0.39 is 0 Å². The number of aryl methyl sites for hydroxylation is 4. The van der Waals surface area contributed by atoms with Crippen molar-refractivity contribution in [3.05, 3.63) is 69.8 Å². The van der Waals surface area contributed by atoms with Gasteiger partial charge in [0.15, 0.2) is 0 Å². The van der Waals surface area contributed by atoms with E-state index in [4.69, 9.17) is 0 Å². The Bertz CT molecular complexity index is 663. The zero-order valence-corrected chi connectivity index (χ0v) is 19.3. The van der Waals surface area contributed by atoms with Crippen LogP contribution in [0.3, 0.4) is 0 Å². The first-order chi connectivity index (χ1) is 13.5. The van der Waals surface area contributed by atoms with Crippen LogP contribution in [0.1, 0.15) is 107 Å². The predicted molar refractivity (Wildman–Crippen MR) is 126 cm³/mol. The maximum absolute atomic E-state index is 2.49. The lowest BCUT2D eigenvalue weighted by molar-refractivity contribution is 0.556. The van der Waals surface area contributed by atoms with Crippen LogP contribution in [0.5, 0.6) is 0 Å². The van der Waals surface area contributed by atoms with E-state index in [1.54, 1.807) is 22.3 Å². The molecule has 2 aromatic rings. The summed E-state index contributed by atoms with van der Waals surface area (Å²) >= 11 is 0. The Kier molecular flexibility index (Phi) is 9.29. The maximum Gasteiger partial charge on any atom is 0.0118 e. The van der Waals surface area contributed by atoms with E-state index >= 15 is 0 Å². The van der Waals surface area contributed by atoms with Gasteiger partial charge in [0.1, 0.15) is 0 Å².